The molecule has 0 radical (unpaired) electrons. The molecule has 0 aromatic carbocycles. The largest absolute Gasteiger partial charge is 0.366 e. The lowest BCUT2D eigenvalue weighted by Gasteiger charge is -2.18. The van der Waals surface area contributed by atoms with E-state index in [1.165, 1.54) is 0 Å². The molecular weight excluding hydrogens is 185 g/mol. The lowest BCUT2D eigenvalue weighted by molar-refractivity contribution is 0.0426. The summed E-state index contributed by atoms with van der Waals surface area (Å²) in [4.78, 5) is 2.09. The topological polar surface area (TPSA) is 12.5 Å². The Morgan fingerprint density at radius 2 is 1.73 bits per heavy atom. The lowest BCUT2D eigenvalue weighted by Crippen LogP contribution is -2.30. The summed E-state index contributed by atoms with van der Waals surface area (Å²) >= 11 is 11.1. The van der Waals surface area contributed by atoms with Crippen molar-refractivity contribution >= 4 is 23.2 Å². The summed E-state index contributed by atoms with van der Waals surface area (Å²) in [5.74, 6) is 1.26. The first-order valence-electron chi connectivity index (χ1n) is 3.77. The van der Waals surface area contributed by atoms with E-state index in [1.807, 2.05) is 6.92 Å². The quantitative estimate of drug-likeness (QED) is 0.458. The Balaban J connectivity index is 3.34. The third-order valence-corrected chi connectivity index (χ3v) is 1.62. The Labute approximate surface area is 78.4 Å². The van der Waals surface area contributed by atoms with E-state index in [9.17, 15) is 0 Å². The van der Waals surface area contributed by atoms with Gasteiger partial charge in [0.2, 0.25) is 0 Å². The third kappa shape index (κ3) is 6.88. The molecule has 0 aliphatic rings. The zero-order chi connectivity index (χ0) is 8.53. The molecular formula is C7H15Cl2NO. The van der Waals surface area contributed by atoms with Crippen LogP contribution in [-0.4, -0.2) is 43.1 Å². The molecule has 0 unspecified atom stereocenters. The summed E-state index contributed by atoms with van der Waals surface area (Å²) in [7, 11) is 0. The highest BCUT2D eigenvalue weighted by atomic mass is 35.5. The van der Waals surface area contributed by atoms with E-state index in [0.717, 1.165) is 19.7 Å². The first-order valence-corrected chi connectivity index (χ1v) is 4.84. The van der Waals surface area contributed by atoms with Gasteiger partial charge in [-0.1, -0.05) is 0 Å². The van der Waals surface area contributed by atoms with Crippen LogP contribution in [-0.2, 0) is 4.74 Å². The van der Waals surface area contributed by atoms with Crippen LogP contribution in [0.5, 0.6) is 0 Å². The molecule has 0 bridgehead atoms. The van der Waals surface area contributed by atoms with Crippen molar-refractivity contribution in [2.45, 2.75) is 6.92 Å². The van der Waals surface area contributed by atoms with Crippen LogP contribution in [0.15, 0.2) is 0 Å². The molecule has 11 heavy (non-hydrogen) atoms. The second kappa shape index (κ2) is 8.60. The third-order valence-electron chi connectivity index (χ3n) is 1.28. The summed E-state index contributed by atoms with van der Waals surface area (Å²) in [6.45, 7) is 5.03. The van der Waals surface area contributed by atoms with Crippen LogP contribution in [0.2, 0.25) is 0 Å². The van der Waals surface area contributed by atoms with Gasteiger partial charge in [0.1, 0.15) is 0 Å². The van der Waals surface area contributed by atoms with E-state index in [1.54, 1.807) is 0 Å². The fourth-order valence-electron chi connectivity index (χ4n) is 0.700. The molecule has 0 saturated heterocycles. The van der Waals surface area contributed by atoms with Gasteiger partial charge in [-0.2, -0.15) is 0 Å². The van der Waals surface area contributed by atoms with Gasteiger partial charge in [-0.25, -0.2) is 0 Å². The normalized spacial score (nSPS) is 10.9. The standard InChI is InChI=1S/C7H15Cl2NO/c1-2-11-7-10(5-3-8)6-4-9/h2-7H2,1H3. The minimum absolute atomic E-state index is 0.629. The summed E-state index contributed by atoms with van der Waals surface area (Å²) in [6, 6.07) is 0. The van der Waals surface area contributed by atoms with Crippen molar-refractivity contribution < 1.29 is 4.74 Å². The first kappa shape index (κ1) is 11.5. The van der Waals surface area contributed by atoms with Crippen molar-refractivity contribution in [2.75, 3.05) is 38.2 Å². The van der Waals surface area contributed by atoms with E-state index in [4.69, 9.17) is 27.9 Å². The summed E-state index contributed by atoms with van der Waals surface area (Å²) < 4.78 is 5.21. The van der Waals surface area contributed by atoms with Gasteiger partial charge in [0.05, 0.1) is 6.73 Å². The van der Waals surface area contributed by atoms with Crippen LogP contribution in [0, 0.1) is 0 Å². The highest BCUT2D eigenvalue weighted by Crippen LogP contribution is 1.92. The van der Waals surface area contributed by atoms with Crippen LogP contribution in [0.3, 0.4) is 0 Å². The number of nitrogens with zero attached hydrogens (tertiary/aromatic N) is 1. The predicted molar refractivity (Wildman–Crippen MR) is 49.5 cm³/mol. The molecule has 0 aromatic heterocycles. The smallest absolute Gasteiger partial charge is 0.0990 e. The monoisotopic (exact) mass is 199 g/mol. The number of halogens is 2. The average molecular weight is 200 g/mol. The zero-order valence-electron chi connectivity index (χ0n) is 6.85. The molecule has 0 aromatic rings. The fourth-order valence-corrected chi connectivity index (χ4v) is 1.18. The van der Waals surface area contributed by atoms with Crippen LogP contribution in [0.25, 0.3) is 0 Å². The average Bonchev–Trinajstić information content (AvgIpc) is 2.01. The van der Waals surface area contributed by atoms with Gasteiger partial charge in [0, 0.05) is 31.5 Å². The minimum atomic E-state index is 0.629. The molecule has 0 amide bonds. The van der Waals surface area contributed by atoms with Gasteiger partial charge in [-0.05, 0) is 6.92 Å². The van der Waals surface area contributed by atoms with E-state index < -0.39 is 0 Å². The second-order valence-corrected chi connectivity index (χ2v) is 2.87. The van der Waals surface area contributed by atoms with Crippen molar-refractivity contribution in [3.05, 3.63) is 0 Å². The van der Waals surface area contributed by atoms with Crippen molar-refractivity contribution in [2.24, 2.45) is 0 Å². The Bertz CT molecular complexity index is 76.8. The van der Waals surface area contributed by atoms with E-state index in [2.05, 4.69) is 4.90 Å². The lowest BCUT2D eigenvalue weighted by atomic mass is 10.6. The number of alkyl halides is 2. The molecule has 0 aliphatic heterocycles. The molecule has 0 atom stereocenters. The maximum atomic E-state index is 5.57. The predicted octanol–water partition coefficient (Wildman–Crippen LogP) is 1.76. The number of hydrogen-bond acceptors (Lipinski definition) is 2. The molecule has 0 rings (SSSR count). The second-order valence-electron chi connectivity index (χ2n) is 2.12. The van der Waals surface area contributed by atoms with Crippen LogP contribution < -0.4 is 0 Å². The van der Waals surface area contributed by atoms with Gasteiger partial charge in [-0.3, -0.25) is 4.90 Å². The summed E-state index contributed by atoms with van der Waals surface area (Å²) in [5, 5.41) is 0. The van der Waals surface area contributed by atoms with Crippen molar-refractivity contribution in [3.63, 3.8) is 0 Å². The van der Waals surface area contributed by atoms with Gasteiger partial charge < -0.3 is 4.74 Å². The number of ether oxygens (including phenoxy) is 1. The fraction of sp³-hybridized carbons (Fsp3) is 1.00. The summed E-state index contributed by atoms with van der Waals surface area (Å²) in [6.07, 6.45) is 0. The molecule has 0 saturated carbocycles. The number of hydrogen-bond donors (Lipinski definition) is 0. The zero-order valence-corrected chi connectivity index (χ0v) is 8.37. The molecule has 4 heteroatoms. The van der Waals surface area contributed by atoms with Gasteiger partial charge in [0.15, 0.2) is 0 Å². The Hall–Kier alpha value is 0.500. The molecule has 0 spiro atoms. The van der Waals surface area contributed by atoms with Gasteiger partial charge in [-0.15, -0.1) is 23.2 Å². The SMILES string of the molecule is CCOCN(CCCl)CCCl. The van der Waals surface area contributed by atoms with Crippen molar-refractivity contribution in [1.29, 1.82) is 0 Å². The van der Waals surface area contributed by atoms with Crippen molar-refractivity contribution in [3.8, 4) is 0 Å². The van der Waals surface area contributed by atoms with E-state index in [0.29, 0.717) is 18.5 Å². The summed E-state index contributed by atoms with van der Waals surface area (Å²) in [5.41, 5.74) is 0. The van der Waals surface area contributed by atoms with Gasteiger partial charge >= 0.3 is 0 Å². The maximum absolute atomic E-state index is 5.57. The molecule has 0 heterocycles. The number of rotatable bonds is 7. The molecule has 68 valence electrons. The molecule has 2 nitrogen and oxygen atoms in total. The minimum Gasteiger partial charge on any atom is -0.366 e. The van der Waals surface area contributed by atoms with Crippen LogP contribution in [0.4, 0.5) is 0 Å². The van der Waals surface area contributed by atoms with Crippen LogP contribution >= 0.6 is 23.2 Å². The van der Waals surface area contributed by atoms with Crippen LogP contribution in [0.1, 0.15) is 6.92 Å². The Kier molecular flexibility index (Phi) is 8.99. The maximum Gasteiger partial charge on any atom is 0.0990 e. The Morgan fingerprint density at radius 1 is 1.18 bits per heavy atom. The van der Waals surface area contributed by atoms with Crippen molar-refractivity contribution in [1.82, 2.24) is 4.90 Å². The molecule has 0 fully saturated rings. The first-order chi connectivity index (χ1) is 5.35. The Morgan fingerprint density at radius 3 is 2.09 bits per heavy atom. The van der Waals surface area contributed by atoms with E-state index in [-0.39, 0.29) is 0 Å². The van der Waals surface area contributed by atoms with E-state index >= 15 is 0 Å². The highest BCUT2D eigenvalue weighted by molar-refractivity contribution is 6.18. The highest BCUT2D eigenvalue weighted by Gasteiger charge is 2.01. The van der Waals surface area contributed by atoms with Gasteiger partial charge in [0.25, 0.3) is 0 Å². The molecule has 0 N–H and O–H groups in total. The molecule has 0 aliphatic carbocycles.